The number of carboxylic acid groups (broad SMARTS) is 1. The standard InChI is InChI=1S/C8H11N3O2/c9-6(5-8(12)13)11-7-3-1-2-4-10-7/h1-4,6H,5,9H2,(H,10,11)(H,12,13). The lowest BCUT2D eigenvalue weighted by Gasteiger charge is -2.11. The predicted molar refractivity (Wildman–Crippen MR) is 48.1 cm³/mol. The van der Waals surface area contributed by atoms with E-state index >= 15 is 0 Å². The number of nitrogens with two attached hydrogens (primary N) is 1. The molecule has 0 spiro atoms. The van der Waals surface area contributed by atoms with E-state index in [0.29, 0.717) is 5.82 Å². The van der Waals surface area contributed by atoms with Crippen LogP contribution < -0.4 is 11.1 Å². The number of aromatic nitrogens is 1. The fraction of sp³-hybridized carbons (Fsp3) is 0.250. The van der Waals surface area contributed by atoms with Crippen molar-refractivity contribution in [3.8, 4) is 0 Å². The monoisotopic (exact) mass is 181 g/mol. The average Bonchev–Trinajstić information content (AvgIpc) is 2.04. The van der Waals surface area contributed by atoms with Crippen molar-refractivity contribution in [1.82, 2.24) is 4.98 Å². The first-order chi connectivity index (χ1) is 6.18. The van der Waals surface area contributed by atoms with Gasteiger partial charge in [-0.15, -0.1) is 0 Å². The Balaban J connectivity index is 2.45. The number of pyridine rings is 1. The predicted octanol–water partition coefficient (Wildman–Crippen LogP) is 0.253. The number of nitrogens with zero attached hydrogens (tertiary/aromatic N) is 1. The lowest BCUT2D eigenvalue weighted by molar-refractivity contribution is -0.137. The molecule has 0 fully saturated rings. The molecule has 5 heteroatoms. The van der Waals surface area contributed by atoms with Crippen LogP contribution in [0.25, 0.3) is 0 Å². The number of hydrogen-bond acceptors (Lipinski definition) is 4. The van der Waals surface area contributed by atoms with Crippen molar-refractivity contribution in [1.29, 1.82) is 0 Å². The smallest absolute Gasteiger partial charge is 0.306 e. The molecule has 13 heavy (non-hydrogen) atoms. The molecule has 70 valence electrons. The van der Waals surface area contributed by atoms with Gasteiger partial charge in [-0.2, -0.15) is 0 Å². The normalized spacial score (nSPS) is 12.1. The molecular weight excluding hydrogens is 170 g/mol. The van der Waals surface area contributed by atoms with E-state index in [1.807, 2.05) is 0 Å². The van der Waals surface area contributed by atoms with Crippen molar-refractivity contribution < 1.29 is 9.90 Å². The largest absolute Gasteiger partial charge is 0.481 e. The number of anilines is 1. The zero-order chi connectivity index (χ0) is 9.68. The van der Waals surface area contributed by atoms with Gasteiger partial charge in [0.1, 0.15) is 5.82 Å². The number of aliphatic carboxylic acids is 1. The van der Waals surface area contributed by atoms with Gasteiger partial charge >= 0.3 is 5.97 Å². The third-order valence-corrected chi connectivity index (χ3v) is 1.39. The Kier molecular flexibility index (Phi) is 3.22. The first-order valence-corrected chi connectivity index (χ1v) is 3.83. The second-order valence-electron chi connectivity index (χ2n) is 2.56. The summed E-state index contributed by atoms with van der Waals surface area (Å²) in [5.41, 5.74) is 5.47. The van der Waals surface area contributed by atoms with Gasteiger partial charge in [0.25, 0.3) is 0 Å². The Labute approximate surface area is 75.6 Å². The van der Waals surface area contributed by atoms with Crippen LogP contribution in [-0.4, -0.2) is 22.2 Å². The maximum absolute atomic E-state index is 10.3. The Morgan fingerprint density at radius 3 is 3.00 bits per heavy atom. The van der Waals surface area contributed by atoms with Crippen LogP contribution in [0, 0.1) is 0 Å². The molecule has 5 nitrogen and oxygen atoms in total. The quantitative estimate of drug-likeness (QED) is 0.579. The van der Waals surface area contributed by atoms with Crippen LogP contribution in [0.3, 0.4) is 0 Å². The van der Waals surface area contributed by atoms with Crippen molar-refractivity contribution >= 4 is 11.8 Å². The topological polar surface area (TPSA) is 88.2 Å². The van der Waals surface area contributed by atoms with Crippen LogP contribution in [-0.2, 0) is 4.79 Å². The van der Waals surface area contributed by atoms with Gasteiger partial charge < -0.3 is 16.2 Å². The summed E-state index contributed by atoms with van der Waals surface area (Å²) in [5.74, 6) is -0.354. The highest BCUT2D eigenvalue weighted by Crippen LogP contribution is 2.01. The summed E-state index contributed by atoms with van der Waals surface area (Å²) in [6.07, 6.45) is 0.874. The molecule has 1 atom stereocenters. The van der Waals surface area contributed by atoms with Crippen LogP contribution >= 0.6 is 0 Å². The first-order valence-electron chi connectivity index (χ1n) is 3.83. The first kappa shape index (κ1) is 9.47. The molecule has 1 rings (SSSR count). The van der Waals surface area contributed by atoms with E-state index in [2.05, 4.69) is 10.3 Å². The van der Waals surface area contributed by atoms with Gasteiger partial charge in [-0.3, -0.25) is 4.79 Å². The second-order valence-corrected chi connectivity index (χ2v) is 2.56. The van der Waals surface area contributed by atoms with Crippen LogP contribution in [0.2, 0.25) is 0 Å². The minimum absolute atomic E-state index is 0.128. The zero-order valence-electron chi connectivity index (χ0n) is 6.97. The highest BCUT2D eigenvalue weighted by Gasteiger charge is 2.06. The minimum Gasteiger partial charge on any atom is -0.481 e. The second kappa shape index (κ2) is 4.42. The van der Waals surface area contributed by atoms with E-state index in [4.69, 9.17) is 10.8 Å². The molecule has 0 saturated carbocycles. The lowest BCUT2D eigenvalue weighted by Crippen LogP contribution is -2.32. The summed E-state index contributed by atoms with van der Waals surface area (Å²) in [5, 5.41) is 11.2. The summed E-state index contributed by atoms with van der Waals surface area (Å²) in [6.45, 7) is 0. The molecular formula is C8H11N3O2. The van der Waals surface area contributed by atoms with Crippen LogP contribution in [0.5, 0.6) is 0 Å². The molecule has 4 N–H and O–H groups in total. The molecule has 0 aliphatic rings. The molecule has 0 aromatic carbocycles. The highest BCUT2D eigenvalue weighted by atomic mass is 16.4. The average molecular weight is 181 g/mol. The van der Waals surface area contributed by atoms with E-state index in [0.717, 1.165) is 0 Å². The molecule has 1 aromatic heterocycles. The Morgan fingerprint density at radius 2 is 2.46 bits per heavy atom. The molecule has 1 aromatic rings. The van der Waals surface area contributed by atoms with Gasteiger partial charge in [0.15, 0.2) is 0 Å². The van der Waals surface area contributed by atoms with Crippen molar-refractivity contribution in [2.45, 2.75) is 12.6 Å². The van der Waals surface area contributed by atoms with E-state index in [-0.39, 0.29) is 6.42 Å². The third-order valence-electron chi connectivity index (χ3n) is 1.39. The molecule has 0 aliphatic heterocycles. The van der Waals surface area contributed by atoms with Gasteiger partial charge in [0.05, 0.1) is 12.6 Å². The van der Waals surface area contributed by atoms with Crippen LogP contribution in [0.4, 0.5) is 5.82 Å². The molecule has 1 heterocycles. The fourth-order valence-electron chi connectivity index (χ4n) is 0.877. The van der Waals surface area contributed by atoms with Gasteiger partial charge in [0, 0.05) is 6.20 Å². The van der Waals surface area contributed by atoms with Crippen molar-refractivity contribution in [2.75, 3.05) is 5.32 Å². The highest BCUT2D eigenvalue weighted by molar-refractivity contribution is 5.68. The molecule has 0 amide bonds. The third kappa shape index (κ3) is 3.53. The minimum atomic E-state index is -0.934. The molecule has 0 bridgehead atoms. The summed E-state index contributed by atoms with van der Waals surface area (Å²) in [4.78, 5) is 14.2. The van der Waals surface area contributed by atoms with Gasteiger partial charge in [0.2, 0.25) is 0 Å². The van der Waals surface area contributed by atoms with E-state index in [1.165, 1.54) is 0 Å². The summed E-state index contributed by atoms with van der Waals surface area (Å²) in [6, 6.07) is 5.29. The van der Waals surface area contributed by atoms with E-state index in [9.17, 15) is 4.79 Å². The number of rotatable bonds is 4. The lowest BCUT2D eigenvalue weighted by atomic mass is 10.3. The maximum atomic E-state index is 10.3. The molecule has 1 unspecified atom stereocenters. The molecule has 0 radical (unpaired) electrons. The van der Waals surface area contributed by atoms with Gasteiger partial charge in [-0.1, -0.05) is 6.07 Å². The van der Waals surface area contributed by atoms with E-state index in [1.54, 1.807) is 24.4 Å². The number of nitrogens with one attached hydrogen (secondary N) is 1. The Hall–Kier alpha value is -1.62. The Bertz CT molecular complexity index is 276. The SMILES string of the molecule is NC(CC(=O)O)Nc1ccccn1. The zero-order valence-corrected chi connectivity index (χ0v) is 6.97. The van der Waals surface area contributed by atoms with E-state index < -0.39 is 12.1 Å². The van der Waals surface area contributed by atoms with Crippen LogP contribution in [0.15, 0.2) is 24.4 Å². The summed E-state index contributed by atoms with van der Waals surface area (Å²) >= 11 is 0. The summed E-state index contributed by atoms with van der Waals surface area (Å²) < 4.78 is 0. The number of carboxylic acids is 1. The van der Waals surface area contributed by atoms with Crippen molar-refractivity contribution in [3.63, 3.8) is 0 Å². The Morgan fingerprint density at radius 1 is 1.69 bits per heavy atom. The number of hydrogen-bond donors (Lipinski definition) is 3. The molecule has 0 aliphatic carbocycles. The number of carbonyl (C=O) groups is 1. The summed E-state index contributed by atoms with van der Waals surface area (Å²) in [7, 11) is 0. The van der Waals surface area contributed by atoms with Gasteiger partial charge in [-0.05, 0) is 12.1 Å². The van der Waals surface area contributed by atoms with Crippen molar-refractivity contribution in [2.24, 2.45) is 5.73 Å². The van der Waals surface area contributed by atoms with Gasteiger partial charge in [-0.25, -0.2) is 4.98 Å². The van der Waals surface area contributed by atoms with Crippen molar-refractivity contribution in [3.05, 3.63) is 24.4 Å². The molecule has 0 saturated heterocycles. The van der Waals surface area contributed by atoms with Crippen LogP contribution in [0.1, 0.15) is 6.42 Å². The fourth-order valence-corrected chi connectivity index (χ4v) is 0.877. The maximum Gasteiger partial charge on any atom is 0.306 e.